The molecule has 1 atom stereocenters. The number of fused-ring (bicyclic) bond motifs is 1. The van der Waals surface area contributed by atoms with Gasteiger partial charge in [0.05, 0.1) is 13.2 Å². The number of hydrogen-bond donors (Lipinski definition) is 0. The Balaban J connectivity index is 1.66. The van der Waals surface area contributed by atoms with Gasteiger partial charge < -0.3 is 14.5 Å². The average Bonchev–Trinajstić information content (AvgIpc) is 3.25. The molecule has 1 amide bonds. The molecule has 1 aromatic carbocycles. The van der Waals surface area contributed by atoms with E-state index >= 15 is 0 Å². The number of para-hydroxylation sites is 1. The van der Waals surface area contributed by atoms with Crippen molar-refractivity contribution in [3.8, 4) is 5.75 Å². The lowest BCUT2D eigenvalue weighted by Gasteiger charge is -2.32. The summed E-state index contributed by atoms with van der Waals surface area (Å²) in [5.41, 5.74) is 3.39. The standard InChI is InChI=1S/C23H29ClN4O2/c1-16-18-8-5-13-27(15-17-7-3-4-10-20(17)30-2)23(18)26-22(25-16)19-9-6-14-28(19)21(29)11-12-24/h3-4,7,10,19H,5-6,8-9,11-15H2,1-2H3. The third-order valence-corrected chi connectivity index (χ3v) is 6.29. The summed E-state index contributed by atoms with van der Waals surface area (Å²) in [4.78, 5) is 26.7. The molecule has 4 rings (SSSR count). The molecule has 0 radical (unpaired) electrons. The van der Waals surface area contributed by atoms with Gasteiger partial charge in [0.1, 0.15) is 11.6 Å². The van der Waals surface area contributed by atoms with Crippen LogP contribution in [0.3, 0.4) is 0 Å². The van der Waals surface area contributed by atoms with Crippen LogP contribution >= 0.6 is 11.6 Å². The molecule has 2 aliphatic heterocycles. The number of benzene rings is 1. The van der Waals surface area contributed by atoms with Crippen molar-refractivity contribution in [3.63, 3.8) is 0 Å². The summed E-state index contributed by atoms with van der Waals surface area (Å²) in [7, 11) is 1.71. The molecular weight excluding hydrogens is 400 g/mol. The van der Waals surface area contributed by atoms with E-state index < -0.39 is 0 Å². The molecule has 0 aliphatic carbocycles. The predicted molar refractivity (Wildman–Crippen MR) is 118 cm³/mol. The monoisotopic (exact) mass is 428 g/mol. The summed E-state index contributed by atoms with van der Waals surface area (Å²) in [5.74, 6) is 3.10. The number of rotatable bonds is 6. The topological polar surface area (TPSA) is 58.6 Å². The van der Waals surface area contributed by atoms with E-state index in [0.717, 1.165) is 74.0 Å². The van der Waals surface area contributed by atoms with Gasteiger partial charge in [-0.15, -0.1) is 11.6 Å². The Morgan fingerprint density at radius 2 is 2.07 bits per heavy atom. The third kappa shape index (κ3) is 4.10. The molecule has 0 spiro atoms. The predicted octanol–water partition coefficient (Wildman–Crippen LogP) is 4.04. The molecule has 1 saturated heterocycles. The summed E-state index contributed by atoms with van der Waals surface area (Å²) in [6, 6.07) is 8.07. The molecule has 7 heteroatoms. The van der Waals surface area contributed by atoms with E-state index in [9.17, 15) is 4.79 Å². The van der Waals surface area contributed by atoms with E-state index in [2.05, 4.69) is 17.9 Å². The fourth-order valence-corrected chi connectivity index (χ4v) is 4.77. The van der Waals surface area contributed by atoms with Gasteiger partial charge >= 0.3 is 0 Å². The number of aryl methyl sites for hydroxylation is 1. The van der Waals surface area contributed by atoms with E-state index in [-0.39, 0.29) is 11.9 Å². The number of nitrogens with zero attached hydrogens (tertiary/aromatic N) is 4. The highest BCUT2D eigenvalue weighted by Gasteiger charge is 2.33. The van der Waals surface area contributed by atoms with Gasteiger partial charge in [0.15, 0.2) is 5.82 Å². The van der Waals surface area contributed by atoms with Crippen LogP contribution in [-0.4, -0.2) is 46.9 Å². The molecule has 0 saturated carbocycles. The smallest absolute Gasteiger partial charge is 0.224 e. The van der Waals surface area contributed by atoms with Crippen molar-refractivity contribution >= 4 is 23.3 Å². The van der Waals surface area contributed by atoms with Crippen LogP contribution in [-0.2, 0) is 17.8 Å². The number of ether oxygens (including phenoxy) is 1. The van der Waals surface area contributed by atoms with Crippen LogP contribution in [0, 0.1) is 6.92 Å². The molecule has 3 heterocycles. The zero-order chi connectivity index (χ0) is 21.1. The maximum atomic E-state index is 12.5. The number of anilines is 1. The quantitative estimate of drug-likeness (QED) is 0.650. The number of aromatic nitrogens is 2. The van der Waals surface area contributed by atoms with Crippen molar-refractivity contribution in [2.45, 2.75) is 51.6 Å². The zero-order valence-corrected chi connectivity index (χ0v) is 18.5. The van der Waals surface area contributed by atoms with Crippen LogP contribution in [0.1, 0.15) is 54.4 Å². The van der Waals surface area contributed by atoms with Gasteiger partial charge in [0.25, 0.3) is 0 Å². The molecule has 1 aromatic heterocycles. The second-order valence-corrected chi connectivity index (χ2v) is 8.37. The lowest BCUT2D eigenvalue weighted by Crippen LogP contribution is -2.34. The summed E-state index contributed by atoms with van der Waals surface area (Å²) in [5, 5.41) is 0. The van der Waals surface area contributed by atoms with Crippen LogP contribution in [0.15, 0.2) is 24.3 Å². The fourth-order valence-electron chi connectivity index (χ4n) is 4.61. The third-order valence-electron chi connectivity index (χ3n) is 6.10. The molecule has 30 heavy (non-hydrogen) atoms. The second kappa shape index (κ2) is 9.21. The molecule has 2 aromatic rings. The van der Waals surface area contributed by atoms with Crippen molar-refractivity contribution in [2.75, 3.05) is 31.0 Å². The van der Waals surface area contributed by atoms with E-state index in [0.29, 0.717) is 12.3 Å². The molecule has 160 valence electrons. The minimum atomic E-state index is -0.0558. The van der Waals surface area contributed by atoms with E-state index in [1.54, 1.807) is 7.11 Å². The SMILES string of the molecule is COc1ccccc1CN1CCCc2c(C)nc(C3CCCN3C(=O)CCCl)nc21. The number of amides is 1. The van der Waals surface area contributed by atoms with Crippen molar-refractivity contribution in [1.82, 2.24) is 14.9 Å². The Bertz CT molecular complexity index is 920. The van der Waals surface area contributed by atoms with Gasteiger partial charge in [-0.05, 0) is 38.7 Å². The van der Waals surface area contributed by atoms with Gasteiger partial charge in [0, 0.05) is 48.8 Å². The minimum absolute atomic E-state index is 0.0558. The summed E-state index contributed by atoms with van der Waals surface area (Å²) in [6.45, 7) is 4.51. The van der Waals surface area contributed by atoms with E-state index in [4.69, 9.17) is 26.3 Å². The van der Waals surface area contributed by atoms with Crippen LogP contribution in [0.4, 0.5) is 5.82 Å². The van der Waals surface area contributed by atoms with Gasteiger partial charge in [-0.2, -0.15) is 0 Å². The first-order chi connectivity index (χ1) is 14.6. The minimum Gasteiger partial charge on any atom is -0.496 e. The lowest BCUT2D eigenvalue weighted by atomic mass is 10.0. The molecular formula is C23H29ClN4O2. The first-order valence-electron chi connectivity index (χ1n) is 10.7. The van der Waals surface area contributed by atoms with Crippen molar-refractivity contribution in [1.29, 1.82) is 0 Å². The Morgan fingerprint density at radius 1 is 1.23 bits per heavy atom. The number of carbonyl (C=O) groups excluding carboxylic acids is 1. The largest absolute Gasteiger partial charge is 0.496 e. The van der Waals surface area contributed by atoms with Crippen LogP contribution in [0.5, 0.6) is 5.75 Å². The summed E-state index contributed by atoms with van der Waals surface area (Å²) >= 11 is 5.81. The van der Waals surface area contributed by atoms with Gasteiger partial charge in [-0.3, -0.25) is 4.79 Å². The summed E-state index contributed by atoms with van der Waals surface area (Å²) in [6.07, 6.45) is 4.31. The normalized spacial score (nSPS) is 18.4. The Morgan fingerprint density at radius 3 is 2.87 bits per heavy atom. The van der Waals surface area contributed by atoms with Crippen molar-refractivity contribution in [2.24, 2.45) is 0 Å². The van der Waals surface area contributed by atoms with Crippen LogP contribution in [0.25, 0.3) is 0 Å². The van der Waals surface area contributed by atoms with Gasteiger partial charge in [-0.25, -0.2) is 9.97 Å². The number of alkyl halides is 1. The van der Waals surface area contributed by atoms with E-state index in [1.807, 2.05) is 23.1 Å². The number of carbonyl (C=O) groups is 1. The fraction of sp³-hybridized carbons (Fsp3) is 0.522. The molecule has 6 nitrogen and oxygen atoms in total. The first kappa shape index (κ1) is 20.9. The highest BCUT2D eigenvalue weighted by molar-refractivity contribution is 6.18. The number of methoxy groups -OCH3 is 1. The van der Waals surface area contributed by atoms with Gasteiger partial charge in [0.2, 0.25) is 5.91 Å². The van der Waals surface area contributed by atoms with Crippen molar-refractivity contribution < 1.29 is 9.53 Å². The average molecular weight is 429 g/mol. The maximum absolute atomic E-state index is 12.5. The molecule has 1 fully saturated rings. The summed E-state index contributed by atoms with van der Waals surface area (Å²) < 4.78 is 5.55. The van der Waals surface area contributed by atoms with Crippen molar-refractivity contribution in [3.05, 3.63) is 46.9 Å². The highest BCUT2D eigenvalue weighted by Crippen LogP contribution is 2.35. The number of halogens is 1. The number of likely N-dealkylation sites (tertiary alicyclic amines) is 1. The maximum Gasteiger partial charge on any atom is 0.224 e. The number of hydrogen-bond acceptors (Lipinski definition) is 5. The first-order valence-corrected chi connectivity index (χ1v) is 11.3. The molecule has 0 N–H and O–H groups in total. The highest BCUT2D eigenvalue weighted by atomic mass is 35.5. The Kier molecular flexibility index (Phi) is 6.42. The Hall–Kier alpha value is -2.34. The molecule has 1 unspecified atom stereocenters. The molecule has 2 aliphatic rings. The van der Waals surface area contributed by atoms with E-state index in [1.165, 1.54) is 5.56 Å². The van der Waals surface area contributed by atoms with Crippen LogP contribution < -0.4 is 9.64 Å². The lowest BCUT2D eigenvalue weighted by molar-refractivity contribution is -0.131. The molecule has 0 bridgehead atoms. The Labute approximate surface area is 183 Å². The van der Waals surface area contributed by atoms with Gasteiger partial charge in [-0.1, -0.05) is 18.2 Å². The zero-order valence-electron chi connectivity index (χ0n) is 17.7. The second-order valence-electron chi connectivity index (χ2n) is 7.99. The van der Waals surface area contributed by atoms with Crippen LogP contribution in [0.2, 0.25) is 0 Å².